The lowest BCUT2D eigenvalue weighted by atomic mass is 10.1. The lowest BCUT2D eigenvalue weighted by molar-refractivity contribution is -0.153. The van der Waals surface area contributed by atoms with E-state index in [1.165, 1.54) is 6.07 Å². The van der Waals surface area contributed by atoms with Crippen LogP contribution in [-0.2, 0) is 16.0 Å². The summed E-state index contributed by atoms with van der Waals surface area (Å²) in [4.78, 5) is 11.3. The molecular formula is C21H23Cl2FO5. The minimum atomic E-state index is -1.37. The molecule has 0 aliphatic rings. The van der Waals surface area contributed by atoms with Crippen LogP contribution >= 0.6 is 23.2 Å². The van der Waals surface area contributed by atoms with E-state index in [9.17, 15) is 14.3 Å². The van der Waals surface area contributed by atoms with E-state index < -0.39 is 18.2 Å². The van der Waals surface area contributed by atoms with Crippen LogP contribution in [0.3, 0.4) is 0 Å². The third-order valence-electron chi connectivity index (χ3n) is 3.78. The summed E-state index contributed by atoms with van der Waals surface area (Å²) in [6.45, 7) is 3.13. The molecule has 0 aliphatic heterocycles. The Morgan fingerprint density at radius 3 is 2.28 bits per heavy atom. The predicted octanol–water partition coefficient (Wildman–Crippen LogP) is 5.21. The Bertz CT molecular complexity index is 815. The first-order valence-corrected chi connectivity index (χ1v) is 9.82. The van der Waals surface area contributed by atoms with Crippen LogP contribution in [0, 0.1) is 0 Å². The van der Waals surface area contributed by atoms with Gasteiger partial charge in [-0.1, -0.05) is 35.3 Å². The van der Waals surface area contributed by atoms with Gasteiger partial charge in [-0.2, -0.15) is 0 Å². The fourth-order valence-electron chi connectivity index (χ4n) is 2.49. The smallest absolute Gasteiger partial charge is 0.333 e. The maximum Gasteiger partial charge on any atom is 0.333 e. The number of rotatable bonds is 11. The maximum atomic E-state index is 14.1. The average Bonchev–Trinajstić information content (AvgIpc) is 2.66. The lowest BCUT2D eigenvalue weighted by Crippen LogP contribution is -2.29. The maximum absolute atomic E-state index is 14.1. The Hall–Kier alpha value is -2.02. The highest BCUT2D eigenvalue weighted by atomic mass is 35.5. The Morgan fingerprint density at radius 2 is 1.69 bits per heavy atom. The molecule has 1 N–H and O–H groups in total. The third-order valence-corrected chi connectivity index (χ3v) is 4.52. The van der Waals surface area contributed by atoms with Crippen molar-refractivity contribution in [1.82, 2.24) is 0 Å². The molecule has 0 saturated carbocycles. The highest BCUT2D eigenvalue weighted by Gasteiger charge is 2.20. The van der Waals surface area contributed by atoms with Crippen LogP contribution in [0.1, 0.15) is 19.4 Å². The number of carboxylic acid groups (broad SMARTS) is 1. The number of aliphatic carboxylic acids is 1. The highest BCUT2D eigenvalue weighted by Crippen LogP contribution is 2.26. The van der Waals surface area contributed by atoms with Crippen molar-refractivity contribution in [3.05, 3.63) is 58.1 Å². The minimum absolute atomic E-state index is 0.185. The van der Waals surface area contributed by atoms with E-state index in [4.69, 9.17) is 37.4 Å². The zero-order chi connectivity index (χ0) is 21.4. The van der Waals surface area contributed by atoms with Crippen molar-refractivity contribution in [3.63, 3.8) is 0 Å². The summed E-state index contributed by atoms with van der Waals surface area (Å²) < 4.78 is 30.3. The molecule has 0 bridgehead atoms. The largest absolute Gasteiger partial charge is 0.490 e. The molecule has 2 aromatic carbocycles. The normalized spacial score (nSPS) is 13.2. The summed E-state index contributed by atoms with van der Waals surface area (Å²) >= 11 is 11.7. The number of halogens is 3. The summed E-state index contributed by atoms with van der Waals surface area (Å²) in [5, 5.41) is 10.00. The molecule has 2 rings (SSSR count). The molecule has 0 aromatic heterocycles. The van der Waals surface area contributed by atoms with Crippen molar-refractivity contribution < 1.29 is 28.5 Å². The van der Waals surface area contributed by atoms with Gasteiger partial charge in [0.25, 0.3) is 0 Å². The molecule has 0 heterocycles. The molecule has 0 saturated heterocycles. The molecule has 29 heavy (non-hydrogen) atoms. The first-order chi connectivity index (χ1) is 13.7. The van der Waals surface area contributed by atoms with Crippen LogP contribution in [0.2, 0.25) is 10.0 Å². The van der Waals surface area contributed by atoms with Crippen LogP contribution < -0.4 is 9.47 Å². The molecule has 2 atom stereocenters. The van der Waals surface area contributed by atoms with Crippen LogP contribution in [0.4, 0.5) is 4.39 Å². The zero-order valence-electron chi connectivity index (χ0n) is 16.1. The summed E-state index contributed by atoms with van der Waals surface area (Å²) in [5.74, 6) is -0.185. The van der Waals surface area contributed by atoms with Gasteiger partial charge in [0.15, 0.2) is 12.3 Å². The number of carboxylic acids is 1. The Balaban J connectivity index is 1.86. The van der Waals surface area contributed by atoms with Crippen molar-refractivity contribution in [1.29, 1.82) is 0 Å². The van der Waals surface area contributed by atoms with Gasteiger partial charge < -0.3 is 19.3 Å². The van der Waals surface area contributed by atoms with E-state index in [1.54, 1.807) is 50.2 Å². The minimum Gasteiger partial charge on any atom is -0.490 e. The number of alkyl halides is 1. The van der Waals surface area contributed by atoms with Gasteiger partial charge in [-0.3, -0.25) is 0 Å². The van der Waals surface area contributed by atoms with Crippen molar-refractivity contribution in [3.8, 4) is 11.5 Å². The third kappa shape index (κ3) is 8.09. The molecule has 0 aliphatic carbocycles. The molecule has 2 aromatic rings. The van der Waals surface area contributed by atoms with Crippen LogP contribution in [-0.4, -0.2) is 42.7 Å². The summed E-state index contributed by atoms with van der Waals surface area (Å²) in [5.41, 5.74) is 0.720. The van der Waals surface area contributed by atoms with Gasteiger partial charge in [-0.05, 0) is 43.7 Å². The van der Waals surface area contributed by atoms with Gasteiger partial charge in [0.05, 0.1) is 16.1 Å². The zero-order valence-corrected chi connectivity index (χ0v) is 17.6. The molecule has 0 spiro atoms. The fraction of sp³-hybridized carbons (Fsp3) is 0.381. The highest BCUT2D eigenvalue weighted by molar-refractivity contribution is 6.42. The summed E-state index contributed by atoms with van der Waals surface area (Å²) in [6, 6.07) is 11.5. The molecule has 5 nitrogen and oxygen atoms in total. The van der Waals surface area contributed by atoms with Gasteiger partial charge in [-0.15, -0.1) is 0 Å². The van der Waals surface area contributed by atoms with Gasteiger partial charge >= 0.3 is 5.97 Å². The second-order valence-corrected chi connectivity index (χ2v) is 7.47. The molecule has 0 unspecified atom stereocenters. The van der Waals surface area contributed by atoms with E-state index in [0.717, 1.165) is 5.56 Å². The Morgan fingerprint density at radius 1 is 1.03 bits per heavy atom. The fourth-order valence-corrected chi connectivity index (χ4v) is 2.77. The number of carbonyl (C=O) groups is 1. The first kappa shape index (κ1) is 23.3. The predicted molar refractivity (Wildman–Crippen MR) is 110 cm³/mol. The van der Waals surface area contributed by atoms with Gasteiger partial charge in [0, 0.05) is 12.5 Å². The van der Waals surface area contributed by atoms with E-state index in [0.29, 0.717) is 21.5 Å². The molecule has 0 radical (unpaired) electrons. The summed E-state index contributed by atoms with van der Waals surface area (Å²) in [6.07, 6.45) is -2.36. The second kappa shape index (κ2) is 11.2. The SMILES string of the molecule is CC(C)O[C@@H](Cc1cccc(OC[C@H](F)COc2ccc(Cl)c(Cl)c2)c1)C(=O)O. The lowest BCUT2D eigenvalue weighted by Gasteiger charge is -2.17. The first-order valence-electron chi connectivity index (χ1n) is 9.06. The Labute approximate surface area is 179 Å². The van der Waals surface area contributed by atoms with Crippen molar-refractivity contribution in [2.45, 2.75) is 38.6 Å². The Kier molecular flexibility index (Phi) is 9.01. The van der Waals surface area contributed by atoms with Crippen LogP contribution in [0.25, 0.3) is 0 Å². The molecule has 0 fully saturated rings. The number of hydrogen-bond acceptors (Lipinski definition) is 4. The summed E-state index contributed by atoms with van der Waals surface area (Å²) in [7, 11) is 0. The van der Waals surface area contributed by atoms with Crippen molar-refractivity contribution in [2.24, 2.45) is 0 Å². The van der Waals surface area contributed by atoms with E-state index in [-0.39, 0.29) is 25.7 Å². The average molecular weight is 445 g/mol. The number of hydrogen-bond donors (Lipinski definition) is 1. The van der Waals surface area contributed by atoms with Crippen molar-refractivity contribution in [2.75, 3.05) is 13.2 Å². The second-order valence-electron chi connectivity index (χ2n) is 6.66. The number of ether oxygens (including phenoxy) is 3. The number of benzene rings is 2. The van der Waals surface area contributed by atoms with Crippen molar-refractivity contribution >= 4 is 29.2 Å². The van der Waals surface area contributed by atoms with E-state index in [2.05, 4.69) is 0 Å². The molecular weight excluding hydrogens is 422 g/mol. The van der Waals surface area contributed by atoms with Crippen LogP contribution in [0.5, 0.6) is 11.5 Å². The topological polar surface area (TPSA) is 65.0 Å². The van der Waals surface area contributed by atoms with Gasteiger partial charge in [0.1, 0.15) is 24.7 Å². The molecule has 8 heteroatoms. The quantitative estimate of drug-likeness (QED) is 0.515. The monoisotopic (exact) mass is 444 g/mol. The van der Waals surface area contributed by atoms with E-state index >= 15 is 0 Å². The van der Waals surface area contributed by atoms with E-state index in [1.807, 2.05) is 0 Å². The van der Waals surface area contributed by atoms with Gasteiger partial charge in [0.2, 0.25) is 0 Å². The molecule has 0 amide bonds. The van der Waals surface area contributed by atoms with Gasteiger partial charge in [-0.25, -0.2) is 9.18 Å². The van der Waals surface area contributed by atoms with Crippen LogP contribution in [0.15, 0.2) is 42.5 Å². The standard InChI is InChI=1S/C21H23Cl2FO5/c1-13(2)29-20(21(25)26)9-14-4-3-5-16(8-14)27-11-15(24)12-28-17-6-7-18(22)19(23)10-17/h3-8,10,13,15,20H,9,11-12H2,1-2H3,(H,25,26)/t15-,20-/m0/s1. The molecule has 158 valence electrons.